The molecule has 0 unspecified atom stereocenters. The molecule has 0 spiro atoms. The van der Waals surface area contributed by atoms with Gasteiger partial charge in [-0.3, -0.25) is 9.36 Å². The third-order valence-corrected chi connectivity index (χ3v) is 6.15. The molecule has 0 bridgehead atoms. The molecule has 0 saturated heterocycles. The molecular weight excluding hydrogens is 490 g/mol. The van der Waals surface area contributed by atoms with Gasteiger partial charge in [-0.1, -0.05) is 42.1 Å². The Bertz CT molecular complexity index is 1360. The number of carbonyl (C=O) groups excluding carboxylic acids is 1. The van der Waals surface area contributed by atoms with Gasteiger partial charge in [0, 0.05) is 11.3 Å². The van der Waals surface area contributed by atoms with Crippen LogP contribution in [0.15, 0.2) is 83.1 Å². The van der Waals surface area contributed by atoms with E-state index >= 15 is 0 Å². The van der Waals surface area contributed by atoms with Gasteiger partial charge in [0.2, 0.25) is 0 Å². The predicted octanol–water partition coefficient (Wildman–Crippen LogP) is 4.59. The smallest absolute Gasteiger partial charge is 0.250 e. The number of ether oxygens (including phenoxy) is 3. The van der Waals surface area contributed by atoms with Crippen molar-refractivity contribution < 1.29 is 19.0 Å². The summed E-state index contributed by atoms with van der Waals surface area (Å²) in [6.45, 7) is 2.45. The lowest BCUT2D eigenvalue weighted by Gasteiger charge is -2.11. The largest absolute Gasteiger partial charge is 0.497 e. The highest BCUT2D eigenvalue weighted by atomic mass is 32.2. The van der Waals surface area contributed by atoms with E-state index in [-0.39, 0.29) is 11.7 Å². The van der Waals surface area contributed by atoms with Crippen LogP contribution in [0.2, 0.25) is 0 Å². The van der Waals surface area contributed by atoms with Crippen LogP contribution in [0.25, 0.3) is 17.1 Å². The normalized spacial score (nSPS) is 10.9. The maximum Gasteiger partial charge on any atom is 0.250 e. The summed E-state index contributed by atoms with van der Waals surface area (Å²) in [5.41, 5.74) is 5.09. The van der Waals surface area contributed by atoms with E-state index in [2.05, 4.69) is 20.7 Å². The van der Waals surface area contributed by atoms with Crippen LogP contribution in [-0.2, 0) is 4.79 Å². The van der Waals surface area contributed by atoms with Gasteiger partial charge in [0.05, 0.1) is 32.8 Å². The molecule has 9 nitrogen and oxygen atoms in total. The van der Waals surface area contributed by atoms with Gasteiger partial charge in [-0.2, -0.15) is 5.10 Å². The fourth-order valence-electron chi connectivity index (χ4n) is 3.48. The number of rotatable bonds is 11. The maximum atomic E-state index is 12.5. The van der Waals surface area contributed by atoms with Crippen LogP contribution >= 0.6 is 11.8 Å². The van der Waals surface area contributed by atoms with Crippen LogP contribution in [0.1, 0.15) is 12.5 Å². The SMILES string of the molecule is CCOc1ccc(/C=N\NC(=O)CSc2nnc(-c3ccccc3)n2-c2ccc(OC)cc2)cc1OC. The van der Waals surface area contributed by atoms with Gasteiger partial charge in [0.15, 0.2) is 22.5 Å². The lowest BCUT2D eigenvalue weighted by molar-refractivity contribution is -0.118. The molecule has 0 radical (unpaired) electrons. The third kappa shape index (κ3) is 6.47. The summed E-state index contributed by atoms with van der Waals surface area (Å²) in [6.07, 6.45) is 1.55. The number of benzene rings is 3. The first-order valence-electron chi connectivity index (χ1n) is 11.5. The summed E-state index contributed by atoms with van der Waals surface area (Å²) in [4.78, 5) is 12.5. The fraction of sp³-hybridized carbons (Fsp3) is 0.185. The summed E-state index contributed by atoms with van der Waals surface area (Å²) in [7, 11) is 3.20. The number of hydrazone groups is 1. The molecule has 4 rings (SSSR count). The van der Waals surface area contributed by atoms with Crippen molar-refractivity contribution in [3.8, 4) is 34.3 Å². The van der Waals surface area contributed by atoms with E-state index in [1.807, 2.05) is 72.2 Å². The summed E-state index contributed by atoms with van der Waals surface area (Å²) in [5, 5.41) is 13.4. The average Bonchev–Trinajstić information content (AvgIpc) is 3.37. The van der Waals surface area contributed by atoms with Gasteiger partial charge in [0.25, 0.3) is 5.91 Å². The number of amides is 1. The quantitative estimate of drug-likeness (QED) is 0.176. The second-order valence-electron chi connectivity index (χ2n) is 7.63. The highest BCUT2D eigenvalue weighted by molar-refractivity contribution is 7.99. The molecule has 1 N–H and O–H groups in total. The summed E-state index contributed by atoms with van der Waals surface area (Å²) in [6, 6.07) is 22.8. The fourth-order valence-corrected chi connectivity index (χ4v) is 4.23. The zero-order valence-electron chi connectivity index (χ0n) is 20.7. The molecule has 0 saturated carbocycles. The Labute approximate surface area is 219 Å². The van der Waals surface area contributed by atoms with E-state index < -0.39 is 0 Å². The van der Waals surface area contributed by atoms with Gasteiger partial charge in [-0.05, 0) is 55.0 Å². The van der Waals surface area contributed by atoms with Gasteiger partial charge in [-0.15, -0.1) is 10.2 Å². The molecule has 1 amide bonds. The van der Waals surface area contributed by atoms with E-state index in [0.717, 1.165) is 22.6 Å². The molecule has 0 atom stereocenters. The van der Waals surface area contributed by atoms with Crippen LogP contribution in [0, 0.1) is 0 Å². The van der Waals surface area contributed by atoms with E-state index in [1.165, 1.54) is 11.8 Å². The van der Waals surface area contributed by atoms with Crippen molar-refractivity contribution in [2.45, 2.75) is 12.1 Å². The zero-order valence-corrected chi connectivity index (χ0v) is 21.6. The molecule has 190 valence electrons. The van der Waals surface area contributed by atoms with Crippen molar-refractivity contribution in [2.24, 2.45) is 5.10 Å². The molecule has 0 aliphatic heterocycles. The van der Waals surface area contributed by atoms with Crippen molar-refractivity contribution in [1.29, 1.82) is 0 Å². The second kappa shape index (κ2) is 12.6. The zero-order chi connectivity index (χ0) is 26.0. The molecule has 0 aliphatic carbocycles. The van der Waals surface area contributed by atoms with Crippen molar-refractivity contribution in [2.75, 3.05) is 26.6 Å². The Kier molecular flexibility index (Phi) is 8.77. The van der Waals surface area contributed by atoms with Crippen molar-refractivity contribution in [3.05, 3.63) is 78.4 Å². The van der Waals surface area contributed by atoms with E-state index in [9.17, 15) is 4.79 Å². The van der Waals surface area contributed by atoms with Crippen LogP contribution < -0.4 is 19.6 Å². The van der Waals surface area contributed by atoms with Crippen LogP contribution in [0.5, 0.6) is 17.2 Å². The average molecular weight is 518 g/mol. The predicted molar refractivity (Wildman–Crippen MR) is 144 cm³/mol. The molecule has 37 heavy (non-hydrogen) atoms. The van der Waals surface area contributed by atoms with E-state index in [1.54, 1.807) is 32.6 Å². The molecule has 3 aromatic carbocycles. The van der Waals surface area contributed by atoms with Gasteiger partial charge in [0.1, 0.15) is 5.75 Å². The van der Waals surface area contributed by atoms with Gasteiger partial charge in [-0.25, -0.2) is 5.43 Å². The highest BCUT2D eigenvalue weighted by Gasteiger charge is 2.17. The molecular formula is C27H27N5O4S. The van der Waals surface area contributed by atoms with Crippen molar-refractivity contribution in [3.63, 3.8) is 0 Å². The molecule has 1 aromatic heterocycles. The number of nitrogens with zero attached hydrogens (tertiary/aromatic N) is 4. The molecule has 10 heteroatoms. The van der Waals surface area contributed by atoms with Crippen molar-refractivity contribution >= 4 is 23.9 Å². The van der Waals surface area contributed by atoms with Crippen LogP contribution in [0.4, 0.5) is 0 Å². The Morgan fingerprint density at radius 1 is 1.00 bits per heavy atom. The standard InChI is InChI=1S/C27H27N5O4S/c1-4-36-23-15-10-19(16-24(23)35-3)17-28-29-25(33)18-37-27-31-30-26(20-8-6-5-7-9-20)32(27)21-11-13-22(34-2)14-12-21/h5-17H,4,18H2,1-3H3,(H,29,33)/b28-17-. The molecule has 0 fully saturated rings. The minimum atomic E-state index is -0.273. The number of nitrogens with one attached hydrogen (secondary N) is 1. The van der Waals surface area contributed by atoms with E-state index in [0.29, 0.717) is 29.1 Å². The number of hydrogen-bond donors (Lipinski definition) is 1. The lowest BCUT2D eigenvalue weighted by Crippen LogP contribution is -2.20. The highest BCUT2D eigenvalue weighted by Crippen LogP contribution is 2.29. The number of hydrogen-bond acceptors (Lipinski definition) is 8. The first kappa shape index (κ1) is 25.8. The minimum Gasteiger partial charge on any atom is -0.497 e. The third-order valence-electron chi connectivity index (χ3n) is 5.22. The number of aromatic nitrogens is 3. The summed E-state index contributed by atoms with van der Waals surface area (Å²) in [5.74, 6) is 2.50. The molecule has 4 aromatic rings. The van der Waals surface area contributed by atoms with Crippen LogP contribution in [-0.4, -0.2) is 53.5 Å². The van der Waals surface area contributed by atoms with Gasteiger partial charge < -0.3 is 14.2 Å². The number of carbonyl (C=O) groups is 1. The first-order valence-corrected chi connectivity index (χ1v) is 12.5. The Hall–Kier alpha value is -4.31. The minimum absolute atomic E-state index is 0.104. The van der Waals surface area contributed by atoms with Gasteiger partial charge >= 0.3 is 0 Å². The second-order valence-corrected chi connectivity index (χ2v) is 8.57. The first-order chi connectivity index (χ1) is 18.1. The topological polar surface area (TPSA) is 99.9 Å². The molecule has 0 aliphatic rings. The Balaban J connectivity index is 1.46. The maximum absolute atomic E-state index is 12.5. The summed E-state index contributed by atoms with van der Waals surface area (Å²) >= 11 is 1.27. The Morgan fingerprint density at radius 3 is 2.49 bits per heavy atom. The van der Waals surface area contributed by atoms with Crippen LogP contribution in [0.3, 0.4) is 0 Å². The van der Waals surface area contributed by atoms with E-state index in [4.69, 9.17) is 14.2 Å². The lowest BCUT2D eigenvalue weighted by atomic mass is 10.2. The van der Waals surface area contributed by atoms with Crippen molar-refractivity contribution in [1.82, 2.24) is 20.2 Å². The number of methoxy groups -OCH3 is 2. The number of thioether (sulfide) groups is 1. The summed E-state index contributed by atoms with van der Waals surface area (Å²) < 4.78 is 18.1. The molecule has 1 heterocycles. The monoisotopic (exact) mass is 517 g/mol. The Morgan fingerprint density at radius 2 is 1.78 bits per heavy atom.